The number of halogens is 1. The van der Waals surface area contributed by atoms with E-state index in [-0.39, 0.29) is 5.91 Å². The van der Waals surface area contributed by atoms with Gasteiger partial charge in [-0.1, -0.05) is 11.6 Å². The van der Waals surface area contributed by atoms with Crippen molar-refractivity contribution in [2.45, 2.75) is 0 Å². The van der Waals surface area contributed by atoms with Crippen molar-refractivity contribution in [1.29, 1.82) is 0 Å². The van der Waals surface area contributed by atoms with Gasteiger partial charge in [-0.3, -0.25) is 4.79 Å². The van der Waals surface area contributed by atoms with Crippen LogP contribution in [-0.2, 0) is 4.79 Å². The molecule has 0 aliphatic heterocycles. The molecule has 0 spiro atoms. The molecule has 2 aromatic carbocycles. The Balaban J connectivity index is 2.10. The third-order valence-corrected chi connectivity index (χ3v) is 3.21. The highest BCUT2D eigenvalue weighted by molar-refractivity contribution is 6.30. The SMILES string of the molecule is COc1ccc(OC)c(/C=C/C(=O)Nc2ccc(Cl)cc2)c1. The number of anilines is 1. The molecule has 2 rings (SSSR count). The summed E-state index contributed by atoms with van der Waals surface area (Å²) in [5.74, 6) is 1.11. The fourth-order valence-corrected chi connectivity index (χ4v) is 1.98. The highest BCUT2D eigenvalue weighted by Crippen LogP contribution is 2.25. The van der Waals surface area contributed by atoms with Crippen LogP contribution < -0.4 is 14.8 Å². The zero-order chi connectivity index (χ0) is 15.9. The van der Waals surface area contributed by atoms with E-state index in [4.69, 9.17) is 21.1 Å². The van der Waals surface area contributed by atoms with Crippen LogP contribution >= 0.6 is 11.6 Å². The van der Waals surface area contributed by atoms with Crippen molar-refractivity contribution in [1.82, 2.24) is 0 Å². The number of methoxy groups -OCH3 is 2. The van der Waals surface area contributed by atoms with Crippen LogP contribution in [0.25, 0.3) is 6.08 Å². The predicted octanol–water partition coefficient (Wildman–Crippen LogP) is 4.01. The fraction of sp³-hybridized carbons (Fsp3) is 0.118. The van der Waals surface area contributed by atoms with Crippen LogP contribution in [0.5, 0.6) is 11.5 Å². The number of rotatable bonds is 5. The molecule has 0 heterocycles. The highest BCUT2D eigenvalue weighted by atomic mass is 35.5. The van der Waals surface area contributed by atoms with E-state index >= 15 is 0 Å². The van der Waals surface area contributed by atoms with Gasteiger partial charge in [0.05, 0.1) is 14.2 Å². The van der Waals surface area contributed by atoms with E-state index in [0.29, 0.717) is 22.2 Å². The van der Waals surface area contributed by atoms with Gasteiger partial charge in [0.15, 0.2) is 0 Å². The van der Waals surface area contributed by atoms with Crippen LogP contribution in [0.1, 0.15) is 5.56 Å². The highest BCUT2D eigenvalue weighted by Gasteiger charge is 2.03. The first kappa shape index (κ1) is 15.9. The quantitative estimate of drug-likeness (QED) is 0.848. The minimum Gasteiger partial charge on any atom is -0.497 e. The molecule has 0 atom stereocenters. The van der Waals surface area contributed by atoms with Crippen molar-refractivity contribution in [2.75, 3.05) is 19.5 Å². The number of carbonyl (C=O) groups is 1. The minimum atomic E-state index is -0.243. The monoisotopic (exact) mass is 317 g/mol. The number of nitrogens with one attached hydrogen (secondary N) is 1. The number of hydrogen-bond acceptors (Lipinski definition) is 3. The molecule has 0 aliphatic rings. The van der Waals surface area contributed by atoms with Gasteiger partial charge in [0.25, 0.3) is 0 Å². The maximum atomic E-state index is 11.9. The van der Waals surface area contributed by atoms with Gasteiger partial charge >= 0.3 is 0 Å². The van der Waals surface area contributed by atoms with Gasteiger partial charge in [0.1, 0.15) is 11.5 Å². The van der Waals surface area contributed by atoms with E-state index in [1.54, 1.807) is 62.8 Å². The second-order valence-corrected chi connectivity index (χ2v) is 4.87. The van der Waals surface area contributed by atoms with E-state index < -0.39 is 0 Å². The van der Waals surface area contributed by atoms with E-state index in [1.165, 1.54) is 6.08 Å². The summed E-state index contributed by atoms with van der Waals surface area (Å²) in [6.45, 7) is 0. The van der Waals surface area contributed by atoms with E-state index in [0.717, 1.165) is 5.56 Å². The van der Waals surface area contributed by atoms with Crippen molar-refractivity contribution < 1.29 is 14.3 Å². The maximum absolute atomic E-state index is 11.9. The number of benzene rings is 2. The lowest BCUT2D eigenvalue weighted by molar-refractivity contribution is -0.111. The van der Waals surface area contributed by atoms with Crippen LogP contribution in [0.15, 0.2) is 48.5 Å². The molecule has 0 aromatic heterocycles. The van der Waals surface area contributed by atoms with E-state index in [2.05, 4.69) is 5.32 Å². The molecule has 1 amide bonds. The Kier molecular flexibility index (Phi) is 5.44. The summed E-state index contributed by atoms with van der Waals surface area (Å²) in [6, 6.07) is 12.3. The van der Waals surface area contributed by atoms with Gasteiger partial charge in [-0.05, 0) is 48.5 Å². The summed E-state index contributed by atoms with van der Waals surface area (Å²) in [7, 11) is 3.16. The first-order valence-corrected chi connectivity index (χ1v) is 6.97. The Morgan fingerprint density at radius 2 is 1.82 bits per heavy atom. The second kappa shape index (κ2) is 7.52. The average molecular weight is 318 g/mol. The van der Waals surface area contributed by atoms with Crippen LogP contribution in [-0.4, -0.2) is 20.1 Å². The molecule has 0 saturated heterocycles. The van der Waals surface area contributed by atoms with Crippen molar-refractivity contribution in [3.05, 3.63) is 59.1 Å². The largest absolute Gasteiger partial charge is 0.497 e. The molecule has 5 heteroatoms. The molecular weight excluding hydrogens is 302 g/mol. The Bertz CT molecular complexity index is 681. The Labute approximate surface area is 134 Å². The van der Waals surface area contributed by atoms with Crippen LogP contribution in [0.2, 0.25) is 5.02 Å². The average Bonchev–Trinajstić information content (AvgIpc) is 2.54. The topological polar surface area (TPSA) is 47.6 Å². The van der Waals surface area contributed by atoms with Crippen LogP contribution in [0, 0.1) is 0 Å². The molecule has 0 fully saturated rings. The number of carbonyl (C=O) groups excluding carboxylic acids is 1. The molecule has 114 valence electrons. The van der Waals surface area contributed by atoms with Crippen molar-refractivity contribution in [3.63, 3.8) is 0 Å². The lowest BCUT2D eigenvalue weighted by Gasteiger charge is -2.07. The van der Waals surface area contributed by atoms with Gasteiger partial charge in [0, 0.05) is 22.3 Å². The molecule has 0 bridgehead atoms. The van der Waals surface area contributed by atoms with Crippen LogP contribution in [0.3, 0.4) is 0 Å². The third-order valence-electron chi connectivity index (χ3n) is 2.96. The van der Waals surface area contributed by atoms with E-state index in [1.807, 2.05) is 0 Å². The third kappa shape index (κ3) is 4.27. The van der Waals surface area contributed by atoms with Crippen molar-refractivity contribution in [2.24, 2.45) is 0 Å². The van der Waals surface area contributed by atoms with Crippen LogP contribution in [0.4, 0.5) is 5.69 Å². The minimum absolute atomic E-state index is 0.243. The van der Waals surface area contributed by atoms with Crippen molar-refractivity contribution >= 4 is 29.3 Å². The molecule has 1 N–H and O–H groups in total. The summed E-state index contributed by atoms with van der Waals surface area (Å²) in [4.78, 5) is 11.9. The summed E-state index contributed by atoms with van der Waals surface area (Å²) in [5, 5.41) is 3.37. The summed E-state index contributed by atoms with van der Waals surface area (Å²) in [5.41, 5.74) is 1.43. The molecule has 22 heavy (non-hydrogen) atoms. The summed E-state index contributed by atoms with van der Waals surface area (Å²) < 4.78 is 10.4. The maximum Gasteiger partial charge on any atom is 0.248 e. The summed E-state index contributed by atoms with van der Waals surface area (Å²) >= 11 is 5.80. The molecule has 2 aromatic rings. The molecular formula is C17H16ClNO3. The molecule has 0 saturated carbocycles. The second-order valence-electron chi connectivity index (χ2n) is 4.44. The van der Waals surface area contributed by atoms with Gasteiger partial charge < -0.3 is 14.8 Å². The van der Waals surface area contributed by atoms with Crippen molar-refractivity contribution in [3.8, 4) is 11.5 Å². The standard InChI is InChI=1S/C17H16ClNO3/c1-21-15-8-9-16(22-2)12(11-15)3-10-17(20)19-14-6-4-13(18)5-7-14/h3-11H,1-2H3,(H,19,20)/b10-3+. The smallest absolute Gasteiger partial charge is 0.248 e. The lowest BCUT2D eigenvalue weighted by Crippen LogP contribution is -2.07. The normalized spacial score (nSPS) is 10.5. The zero-order valence-corrected chi connectivity index (χ0v) is 13.1. The Morgan fingerprint density at radius 3 is 2.45 bits per heavy atom. The first-order valence-electron chi connectivity index (χ1n) is 6.59. The number of ether oxygens (including phenoxy) is 2. The zero-order valence-electron chi connectivity index (χ0n) is 12.3. The fourth-order valence-electron chi connectivity index (χ4n) is 1.85. The summed E-state index contributed by atoms with van der Waals surface area (Å²) in [6.07, 6.45) is 3.11. The van der Waals surface area contributed by atoms with E-state index in [9.17, 15) is 4.79 Å². The predicted molar refractivity (Wildman–Crippen MR) is 88.7 cm³/mol. The molecule has 0 aliphatic carbocycles. The number of amides is 1. The number of hydrogen-bond donors (Lipinski definition) is 1. The molecule has 0 unspecified atom stereocenters. The van der Waals surface area contributed by atoms with Gasteiger partial charge in [-0.25, -0.2) is 0 Å². The first-order chi connectivity index (χ1) is 10.6. The molecule has 0 radical (unpaired) electrons. The lowest BCUT2D eigenvalue weighted by atomic mass is 10.1. The Hall–Kier alpha value is -2.46. The van der Waals surface area contributed by atoms with Gasteiger partial charge in [0.2, 0.25) is 5.91 Å². The Morgan fingerprint density at radius 1 is 1.09 bits per heavy atom. The van der Waals surface area contributed by atoms with Gasteiger partial charge in [-0.15, -0.1) is 0 Å². The van der Waals surface area contributed by atoms with Gasteiger partial charge in [-0.2, -0.15) is 0 Å². The molecule has 4 nitrogen and oxygen atoms in total.